The van der Waals surface area contributed by atoms with E-state index in [2.05, 4.69) is 110 Å². The van der Waals surface area contributed by atoms with E-state index in [1.807, 2.05) is 0 Å². The molecule has 0 saturated carbocycles. The average Bonchev–Trinajstić information content (AvgIpc) is 2.96. The number of aryl methyl sites for hydroxylation is 1. The maximum Gasteiger partial charge on any atom is 0.192 e. The van der Waals surface area contributed by atoms with E-state index in [-0.39, 0.29) is 16.2 Å². The number of allylic oxidation sites excluding steroid dienone is 1. The fourth-order valence-corrected chi connectivity index (χ4v) is 6.20. The third-order valence-corrected chi connectivity index (χ3v) is 17.4. The fraction of sp³-hybridized carbons (Fsp3) is 0.643. The first-order valence-corrected chi connectivity index (χ1v) is 18.5. The van der Waals surface area contributed by atoms with Gasteiger partial charge in [-0.3, -0.25) is 0 Å². The smallest absolute Gasteiger partial charge is 0.192 e. The Hall–Kier alpha value is -1.15. The quantitative estimate of drug-likeness (QED) is 0.394. The van der Waals surface area contributed by atoms with Crippen LogP contribution >= 0.6 is 0 Å². The molecule has 184 valence electrons. The van der Waals surface area contributed by atoms with Crippen molar-refractivity contribution in [1.29, 1.82) is 0 Å². The molecule has 0 fully saturated rings. The van der Waals surface area contributed by atoms with Gasteiger partial charge in [-0.2, -0.15) is 0 Å². The predicted octanol–water partition coefficient (Wildman–Crippen LogP) is 8.96. The molecule has 0 spiro atoms. The molecule has 33 heavy (non-hydrogen) atoms. The summed E-state index contributed by atoms with van der Waals surface area (Å²) < 4.78 is 15.9. The monoisotopic (exact) mass is 485 g/mol. The van der Waals surface area contributed by atoms with Crippen molar-refractivity contribution >= 4 is 33.6 Å². The van der Waals surface area contributed by atoms with Gasteiger partial charge in [0.1, 0.15) is 0 Å². The highest BCUT2D eigenvalue weighted by molar-refractivity contribution is 6.74. The normalized spacial score (nSPS) is 19.3. The highest BCUT2D eigenvalue weighted by atomic mass is 28.4. The first kappa shape index (κ1) is 26.5. The number of hydrogen-bond acceptors (Lipinski definition) is 2. The molecule has 2 aromatic rings. The minimum absolute atomic E-state index is 0.169. The average molecular weight is 486 g/mol. The van der Waals surface area contributed by atoms with E-state index in [0.29, 0.717) is 6.61 Å². The molecule has 0 saturated heterocycles. The van der Waals surface area contributed by atoms with Crippen LogP contribution in [0.5, 0.6) is 0 Å². The molecule has 5 heteroatoms. The highest BCUT2D eigenvalue weighted by Gasteiger charge is 2.40. The summed E-state index contributed by atoms with van der Waals surface area (Å²) >= 11 is 0. The number of fused-ring (bicyclic) bond motifs is 2. The van der Waals surface area contributed by atoms with Crippen LogP contribution in [0.15, 0.2) is 24.3 Å². The number of hydrogen-bond donors (Lipinski definition) is 0. The van der Waals surface area contributed by atoms with E-state index >= 15 is 0 Å². The van der Waals surface area contributed by atoms with Crippen LogP contribution in [0.1, 0.15) is 83.7 Å². The highest BCUT2D eigenvalue weighted by Crippen LogP contribution is 2.43. The van der Waals surface area contributed by atoms with Gasteiger partial charge in [0, 0.05) is 23.6 Å². The van der Waals surface area contributed by atoms with Crippen molar-refractivity contribution in [3.63, 3.8) is 0 Å². The molecule has 0 aliphatic heterocycles. The second-order valence-corrected chi connectivity index (χ2v) is 22.5. The molecule has 1 heterocycles. The van der Waals surface area contributed by atoms with Crippen molar-refractivity contribution in [2.24, 2.45) is 7.05 Å². The molecule has 0 amide bonds. The van der Waals surface area contributed by atoms with Crippen LogP contribution in [-0.2, 0) is 22.5 Å². The summed E-state index contributed by atoms with van der Waals surface area (Å²) in [5.41, 5.74) is 5.19. The van der Waals surface area contributed by atoms with Crippen molar-refractivity contribution in [2.45, 2.75) is 110 Å². The molecular weight excluding hydrogens is 438 g/mol. The first-order valence-electron chi connectivity index (χ1n) is 12.6. The molecule has 1 aliphatic carbocycles. The van der Waals surface area contributed by atoms with Crippen LogP contribution in [0.2, 0.25) is 36.3 Å². The summed E-state index contributed by atoms with van der Waals surface area (Å²) in [6.07, 6.45) is 8.19. The first-order chi connectivity index (χ1) is 15.0. The molecule has 3 nitrogen and oxygen atoms in total. The summed E-state index contributed by atoms with van der Waals surface area (Å²) in [6, 6.07) is 7.09. The van der Waals surface area contributed by atoms with E-state index in [1.54, 1.807) is 0 Å². The molecule has 0 radical (unpaired) electrons. The number of rotatable bonds is 5. The minimum atomic E-state index is -1.87. The van der Waals surface area contributed by atoms with Gasteiger partial charge in [-0.1, -0.05) is 53.7 Å². The van der Waals surface area contributed by atoms with Crippen LogP contribution in [-0.4, -0.2) is 21.2 Å². The molecule has 1 aromatic carbocycles. The Bertz CT molecular complexity index is 1020. The Balaban J connectivity index is 2.00. The molecule has 3 rings (SSSR count). The summed E-state index contributed by atoms with van der Waals surface area (Å²) in [7, 11) is -1.49. The van der Waals surface area contributed by atoms with Gasteiger partial charge in [-0.05, 0) is 84.9 Å². The van der Waals surface area contributed by atoms with Gasteiger partial charge in [0.25, 0.3) is 0 Å². The lowest BCUT2D eigenvalue weighted by atomic mass is 9.94. The van der Waals surface area contributed by atoms with Gasteiger partial charge < -0.3 is 13.4 Å². The molecule has 0 bridgehead atoms. The lowest BCUT2D eigenvalue weighted by molar-refractivity contribution is 0.171. The SMILES string of the molecule is Cn1c(CO[Si](C)(C)C(C)(C)C)cc2cc3c(cc21)/C=C\CCCC3O[Si](C)(C)C(C)(C)C. The third kappa shape index (κ3) is 5.58. The maximum atomic E-state index is 7.00. The zero-order valence-electron chi connectivity index (χ0n) is 23.1. The lowest BCUT2D eigenvalue weighted by Gasteiger charge is -2.40. The molecule has 1 unspecified atom stereocenters. The summed E-state index contributed by atoms with van der Waals surface area (Å²) in [5.74, 6) is 0. The standard InChI is InChI=1S/C28H47NO2Si2/c1-27(2,3)32(8,9)30-20-23-17-22-18-24-21(19-25(22)29(23)7)15-13-12-14-16-26(24)31-33(10,11)28(4,5)6/h13,15,17-19,26H,12,14,16,20H2,1-11H3/b15-13-. The Morgan fingerprint density at radius 2 is 1.58 bits per heavy atom. The fourth-order valence-electron chi connectivity index (χ4n) is 3.95. The van der Waals surface area contributed by atoms with Crippen LogP contribution in [0.4, 0.5) is 0 Å². The van der Waals surface area contributed by atoms with Gasteiger partial charge in [0.15, 0.2) is 16.6 Å². The van der Waals surface area contributed by atoms with E-state index in [4.69, 9.17) is 8.85 Å². The predicted molar refractivity (Wildman–Crippen MR) is 149 cm³/mol. The summed E-state index contributed by atoms with van der Waals surface area (Å²) in [6.45, 7) is 24.0. The van der Waals surface area contributed by atoms with Gasteiger partial charge in [0.05, 0.1) is 12.7 Å². The van der Waals surface area contributed by atoms with Crippen molar-refractivity contribution in [2.75, 3.05) is 0 Å². The second-order valence-electron chi connectivity index (χ2n) is 13.0. The van der Waals surface area contributed by atoms with Crippen molar-refractivity contribution < 1.29 is 8.85 Å². The number of nitrogens with zero attached hydrogens (tertiary/aromatic N) is 1. The Labute approximate surface area is 204 Å². The summed E-state index contributed by atoms with van der Waals surface area (Å²) in [4.78, 5) is 0. The minimum Gasteiger partial charge on any atom is -0.411 e. The zero-order valence-corrected chi connectivity index (χ0v) is 25.1. The van der Waals surface area contributed by atoms with Gasteiger partial charge >= 0.3 is 0 Å². The van der Waals surface area contributed by atoms with E-state index < -0.39 is 16.6 Å². The van der Waals surface area contributed by atoms with Crippen LogP contribution in [0, 0.1) is 0 Å². The van der Waals surface area contributed by atoms with E-state index in [9.17, 15) is 0 Å². The van der Waals surface area contributed by atoms with Crippen LogP contribution in [0.3, 0.4) is 0 Å². The second kappa shape index (κ2) is 9.14. The van der Waals surface area contributed by atoms with Crippen molar-refractivity contribution in [1.82, 2.24) is 4.57 Å². The number of benzene rings is 1. The molecule has 0 N–H and O–H groups in total. The molecular formula is C28H47NO2Si2. The molecule has 1 atom stereocenters. The van der Waals surface area contributed by atoms with Crippen molar-refractivity contribution in [3.05, 3.63) is 41.1 Å². The summed E-state index contributed by atoms with van der Waals surface area (Å²) in [5, 5.41) is 1.71. The molecule has 1 aromatic heterocycles. The Kier molecular flexibility index (Phi) is 7.33. The topological polar surface area (TPSA) is 23.4 Å². The lowest BCUT2D eigenvalue weighted by Crippen LogP contribution is -2.42. The zero-order chi connectivity index (χ0) is 24.8. The van der Waals surface area contributed by atoms with Gasteiger partial charge in [-0.15, -0.1) is 0 Å². The Morgan fingerprint density at radius 1 is 0.939 bits per heavy atom. The van der Waals surface area contributed by atoms with Gasteiger partial charge in [0.2, 0.25) is 0 Å². The van der Waals surface area contributed by atoms with Crippen LogP contribution in [0.25, 0.3) is 17.0 Å². The van der Waals surface area contributed by atoms with Crippen molar-refractivity contribution in [3.8, 4) is 0 Å². The van der Waals surface area contributed by atoms with Crippen LogP contribution < -0.4 is 0 Å². The molecule has 1 aliphatic rings. The third-order valence-electron chi connectivity index (χ3n) is 8.46. The maximum absolute atomic E-state index is 7.00. The largest absolute Gasteiger partial charge is 0.411 e. The van der Waals surface area contributed by atoms with E-state index in [1.165, 1.54) is 34.1 Å². The Morgan fingerprint density at radius 3 is 2.18 bits per heavy atom. The van der Waals surface area contributed by atoms with E-state index in [0.717, 1.165) is 12.8 Å². The number of aromatic nitrogens is 1. The van der Waals surface area contributed by atoms with Gasteiger partial charge in [-0.25, -0.2) is 0 Å².